The first-order chi connectivity index (χ1) is 5.65. The van der Waals surface area contributed by atoms with Gasteiger partial charge in [0.25, 0.3) is 6.43 Å². The lowest BCUT2D eigenvalue weighted by Crippen LogP contribution is -2.17. The fourth-order valence-corrected chi connectivity index (χ4v) is 0.888. The van der Waals surface area contributed by atoms with E-state index in [0.717, 1.165) is 0 Å². The largest absolute Gasteiger partial charge is 0.464 e. The summed E-state index contributed by atoms with van der Waals surface area (Å²) in [5, 5.41) is 0. The zero-order valence-electron chi connectivity index (χ0n) is 7.17. The summed E-state index contributed by atoms with van der Waals surface area (Å²) in [6.07, 6.45) is -1.88. The molecule has 0 spiro atoms. The summed E-state index contributed by atoms with van der Waals surface area (Å²) in [7, 11) is 0. The van der Waals surface area contributed by atoms with Crippen molar-refractivity contribution in [2.24, 2.45) is 5.73 Å². The van der Waals surface area contributed by atoms with Crippen molar-refractivity contribution in [3.63, 3.8) is 0 Å². The van der Waals surface area contributed by atoms with Gasteiger partial charge in [0.15, 0.2) is 0 Å². The van der Waals surface area contributed by atoms with Crippen LogP contribution in [0.2, 0.25) is 0 Å². The van der Waals surface area contributed by atoms with Crippen LogP contribution in [0.3, 0.4) is 0 Å². The molecule has 5 heteroatoms. The summed E-state index contributed by atoms with van der Waals surface area (Å²) in [5.74, 6) is 0.836. The Hall–Kier alpha value is -0.610. The molecule has 0 amide bonds. The third-order valence-electron chi connectivity index (χ3n) is 1.63. The molecule has 0 aliphatic rings. The minimum atomic E-state index is -2.57. The number of halogens is 3. The quantitative estimate of drug-likeness (QED) is 0.835. The van der Waals surface area contributed by atoms with Crippen molar-refractivity contribution in [2.45, 2.75) is 25.8 Å². The van der Waals surface area contributed by atoms with Crippen molar-refractivity contribution in [3.8, 4) is 0 Å². The molecule has 0 bridgehead atoms. The number of aryl methyl sites for hydroxylation is 1. The van der Waals surface area contributed by atoms with Crippen molar-refractivity contribution >= 4 is 12.4 Å². The normalized spacial score (nSPS) is 12.7. The summed E-state index contributed by atoms with van der Waals surface area (Å²) in [5.41, 5.74) is 5.16. The second-order valence-corrected chi connectivity index (χ2v) is 2.52. The molecule has 0 unspecified atom stereocenters. The molecule has 1 heterocycles. The van der Waals surface area contributed by atoms with Gasteiger partial charge >= 0.3 is 0 Å². The number of nitrogens with two attached hydrogens (primary N) is 1. The molecule has 0 saturated heterocycles. The molecule has 1 aromatic rings. The van der Waals surface area contributed by atoms with E-state index in [1.54, 1.807) is 6.07 Å². The number of rotatable bonds is 3. The predicted octanol–water partition coefficient (Wildman–Crippen LogP) is 2.53. The predicted molar refractivity (Wildman–Crippen MR) is 48.3 cm³/mol. The zero-order chi connectivity index (χ0) is 9.14. The van der Waals surface area contributed by atoms with Crippen LogP contribution in [0.25, 0.3) is 0 Å². The van der Waals surface area contributed by atoms with E-state index in [4.69, 9.17) is 10.2 Å². The average Bonchev–Trinajstić information content (AvgIpc) is 2.50. The van der Waals surface area contributed by atoms with E-state index in [0.29, 0.717) is 12.2 Å². The van der Waals surface area contributed by atoms with Gasteiger partial charge in [-0.15, -0.1) is 12.4 Å². The summed E-state index contributed by atoms with van der Waals surface area (Å²) in [6.45, 7) is 1.89. The van der Waals surface area contributed by atoms with Gasteiger partial charge in [-0.1, -0.05) is 6.92 Å². The van der Waals surface area contributed by atoms with Crippen LogP contribution in [-0.2, 0) is 6.42 Å². The van der Waals surface area contributed by atoms with Crippen LogP contribution in [0, 0.1) is 0 Å². The highest BCUT2D eigenvalue weighted by Crippen LogP contribution is 2.20. The Labute approximate surface area is 81.5 Å². The van der Waals surface area contributed by atoms with Gasteiger partial charge in [0.1, 0.15) is 17.6 Å². The van der Waals surface area contributed by atoms with Crippen LogP contribution in [0.4, 0.5) is 8.78 Å². The fourth-order valence-electron chi connectivity index (χ4n) is 0.888. The molecule has 1 atom stereocenters. The Bertz CT molecular complexity index is 252. The summed E-state index contributed by atoms with van der Waals surface area (Å²) < 4.78 is 29.1. The lowest BCUT2D eigenvalue weighted by atomic mass is 10.2. The molecular formula is C8H12ClF2NO. The van der Waals surface area contributed by atoms with Crippen molar-refractivity contribution in [1.29, 1.82) is 0 Å². The molecule has 0 aromatic carbocycles. The van der Waals surface area contributed by atoms with Crippen LogP contribution in [0.1, 0.15) is 24.5 Å². The Morgan fingerprint density at radius 3 is 2.46 bits per heavy atom. The SMILES string of the molecule is CCc1ccc([C@H](N)C(F)F)o1.Cl. The van der Waals surface area contributed by atoms with Gasteiger partial charge in [-0.25, -0.2) is 8.78 Å². The van der Waals surface area contributed by atoms with Crippen LogP contribution < -0.4 is 5.73 Å². The zero-order valence-corrected chi connectivity index (χ0v) is 7.98. The van der Waals surface area contributed by atoms with Gasteiger partial charge < -0.3 is 10.2 Å². The summed E-state index contributed by atoms with van der Waals surface area (Å²) >= 11 is 0. The second kappa shape index (κ2) is 5.19. The Kier molecular flexibility index (Phi) is 4.95. The van der Waals surface area contributed by atoms with Crippen LogP contribution >= 0.6 is 12.4 Å². The maximum atomic E-state index is 12.0. The van der Waals surface area contributed by atoms with Gasteiger partial charge in [-0.2, -0.15) is 0 Å². The maximum Gasteiger partial charge on any atom is 0.260 e. The van der Waals surface area contributed by atoms with Gasteiger partial charge in [0.05, 0.1) is 0 Å². The molecular weight excluding hydrogens is 200 g/mol. The first-order valence-corrected chi connectivity index (χ1v) is 3.77. The maximum absolute atomic E-state index is 12.0. The Morgan fingerprint density at radius 2 is 2.08 bits per heavy atom. The fraction of sp³-hybridized carbons (Fsp3) is 0.500. The van der Waals surface area contributed by atoms with E-state index in [2.05, 4.69) is 0 Å². The van der Waals surface area contributed by atoms with Gasteiger partial charge in [-0.3, -0.25) is 0 Å². The molecule has 1 rings (SSSR count). The number of alkyl halides is 2. The standard InChI is InChI=1S/C8H11F2NO.ClH/c1-2-5-3-4-6(12-5)7(11)8(9)10;/h3-4,7-8H,2,11H2,1H3;1H/t7-;/m0./s1. The van der Waals surface area contributed by atoms with E-state index in [1.807, 2.05) is 6.92 Å². The van der Waals surface area contributed by atoms with Crippen molar-refractivity contribution in [2.75, 3.05) is 0 Å². The highest BCUT2D eigenvalue weighted by molar-refractivity contribution is 5.85. The number of hydrogen-bond donors (Lipinski definition) is 1. The van der Waals surface area contributed by atoms with E-state index in [9.17, 15) is 8.78 Å². The van der Waals surface area contributed by atoms with Gasteiger partial charge in [0.2, 0.25) is 0 Å². The Morgan fingerprint density at radius 1 is 1.46 bits per heavy atom. The van der Waals surface area contributed by atoms with Gasteiger partial charge in [0, 0.05) is 6.42 Å². The lowest BCUT2D eigenvalue weighted by Gasteiger charge is -2.05. The monoisotopic (exact) mass is 211 g/mol. The summed E-state index contributed by atoms with van der Waals surface area (Å²) in [4.78, 5) is 0. The van der Waals surface area contributed by atoms with Crippen LogP contribution in [0.15, 0.2) is 16.5 Å². The molecule has 76 valence electrons. The molecule has 13 heavy (non-hydrogen) atoms. The van der Waals surface area contributed by atoms with Crippen molar-refractivity contribution in [3.05, 3.63) is 23.7 Å². The second-order valence-electron chi connectivity index (χ2n) is 2.52. The van der Waals surface area contributed by atoms with Crippen LogP contribution in [0.5, 0.6) is 0 Å². The molecule has 0 fully saturated rings. The lowest BCUT2D eigenvalue weighted by molar-refractivity contribution is 0.106. The van der Waals surface area contributed by atoms with E-state index >= 15 is 0 Å². The minimum absolute atomic E-state index is 0. The smallest absolute Gasteiger partial charge is 0.260 e. The van der Waals surface area contributed by atoms with E-state index in [-0.39, 0.29) is 18.2 Å². The van der Waals surface area contributed by atoms with E-state index < -0.39 is 12.5 Å². The first kappa shape index (κ1) is 12.4. The molecule has 2 N–H and O–H groups in total. The third kappa shape index (κ3) is 2.97. The molecule has 1 aromatic heterocycles. The summed E-state index contributed by atoms with van der Waals surface area (Å²) in [6, 6.07) is 1.86. The van der Waals surface area contributed by atoms with Crippen molar-refractivity contribution in [1.82, 2.24) is 0 Å². The van der Waals surface area contributed by atoms with Crippen molar-refractivity contribution < 1.29 is 13.2 Å². The molecule has 0 aliphatic carbocycles. The topological polar surface area (TPSA) is 39.2 Å². The molecule has 2 nitrogen and oxygen atoms in total. The molecule has 0 saturated carbocycles. The van der Waals surface area contributed by atoms with Crippen LogP contribution in [-0.4, -0.2) is 6.43 Å². The number of hydrogen-bond acceptors (Lipinski definition) is 2. The highest BCUT2D eigenvalue weighted by atomic mass is 35.5. The number of furan rings is 1. The minimum Gasteiger partial charge on any atom is -0.464 e. The van der Waals surface area contributed by atoms with Gasteiger partial charge in [-0.05, 0) is 12.1 Å². The highest BCUT2D eigenvalue weighted by Gasteiger charge is 2.20. The Balaban J connectivity index is 0.00000144. The molecule has 0 aliphatic heterocycles. The molecule has 0 radical (unpaired) electrons. The first-order valence-electron chi connectivity index (χ1n) is 3.77. The third-order valence-corrected chi connectivity index (χ3v) is 1.63. The van der Waals surface area contributed by atoms with E-state index in [1.165, 1.54) is 6.07 Å². The average molecular weight is 212 g/mol.